The van der Waals surface area contributed by atoms with Gasteiger partial charge in [0.05, 0.1) is 6.10 Å². The largest absolute Gasteiger partial charge is 0.390 e. The van der Waals surface area contributed by atoms with Crippen LogP contribution >= 0.6 is 0 Å². The van der Waals surface area contributed by atoms with Crippen LogP contribution in [-0.4, -0.2) is 65.8 Å². The van der Waals surface area contributed by atoms with Crippen molar-refractivity contribution in [2.45, 2.75) is 38.0 Å². The number of aliphatic hydroxyl groups is 1. The second kappa shape index (κ2) is 6.88. The molecule has 0 spiro atoms. The Balaban J connectivity index is 1.85. The summed E-state index contributed by atoms with van der Waals surface area (Å²) in [5.41, 5.74) is 7.51. The minimum atomic E-state index is -0.482. The highest BCUT2D eigenvalue weighted by atomic mass is 16.3. The zero-order chi connectivity index (χ0) is 15.5. The summed E-state index contributed by atoms with van der Waals surface area (Å²) < 4.78 is 0. The molecule has 1 saturated heterocycles. The average Bonchev–Trinajstić information content (AvgIpc) is 2.43. The van der Waals surface area contributed by atoms with E-state index < -0.39 is 6.10 Å². The third kappa shape index (κ3) is 4.51. The van der Waals surface area contributed by atoms with Crippen molar-refractivity contribution in [1.82, 2.24) is 9.80 Å². The van der Waals surface area contributed by atoms with Crippen LogP contribution in [0.5, 0.6) is 0 Å². The van der Waals surface area contributed by atoms with Crippen LogP contribution in [0.2, 0.25) is 0 Å². The minimum absolute atomic E-state index is 0.154. The van der Waals surface area contributed by atoms with Gasteiger partial charge in [-0.25, -0.2) is 0 Å². The predicted octanol–water partition coefficient (Wildman–Crippen LogP) is 0.943. The molecule has 0 saturated carbocycles. The van der Waals surface area contributed by atoms with Crippen LogP contribution in [0.4, 0.5) is 0 Å². The Morgan fingerprint density at radius 1 is 1.24 bits per heavy atom. The van der Waals surface area contributed by atoms with Crippen LogP contribution in [0.15, 0.2) is 30.3 Å². The Labute approximate surface area is 128 Å². The smallest absolute Gasteiger partial charge is 0.0820 e. The topological polar surface area (TPSA) is 52.7 Å². The lowest BCUT2D eigenvalue weighted by Gasteiger charge is -2.46. The van der Waals surface area contributed by atoms with Crippen molar-refractivity contribution in [3.05, 3.63) is 35.9 Å². The van der Waals surface area contributed by atoms with Gasteiger partial charge in [0.25, 0.3) is 0 Å². The average molecular weight is 291 g/mol. The summed E-state index contributed by atoms with van der Waals surface area (Å²) >= 11 is 0. The lowest BCUT2D eigenvalue weighted by molar-refractivity contribution is 0.00915. The maximum atomic E-state index is 10.4. The van der Waals surface area contributed by atoms with Crippen molar-refractivity contribution in [1.29, 1.82) is 0 Å². The molecule has 3 N–H and O–H groups in total. The first kappa shape index (κ1) is 16.4. The van der Waals surface area contributed by atoms with Crippen LogP contribution in [0.3, 0.4) is 0 Å². The van der Waals surface area contributed by atoms with Crippen molar-refractivity contribution in [2.75, 3.05) is 33.2 Å². The van der Waals surface area contributed by atoms with Gasteiger partial charge in [0.2, 0.25) is 0 Å². The van der Waals surface area contributed by atoms with Gasteiger partial charge in [0.1, 0.15) is 0 Å². The molecule has 1 aliphatic rings. The maximum Gasteiger partial charge on any atom is 0.0820 e. The molecule has 2 rings (SSSR count). The second-order valence-electron chi connectivity index (χ2n) is 6.89. The summed E-state index contributed by atoms with van der Waals surface area (Å²) in [7, 11) is 2.16. The van der Waals surface area contributed by atoms with Gasteiger partial charge in [-0.05, 0) is 32.9 Å². The highest BCUT2D eigenvalue weighted by molar-refractivity contribution is 5.16. The number of piperazine rings is 1. The predicted molar refractivity (Wildman–Crippen MR) is 87.3 cm³/mol. The molecule has 0 amide bonds. The number of β-amino-alcohol motifs (C(OH)–C–C–N with tert-alkyl or cyclic N) is 1. The summed E-state index contributed by atoms with van der Waals surface area (Å²) in [6.07, 6.45) is 0.239. The molecular formula is C17H29N3O. The van der Waals surface area contributed by atoms with E-state index in [0.717, 1.165) is 26.1 Å². The Morgan fingerprint density at radius 2 is 1.90 bits per heavy atom. The molecule has 1 heterocycles. The van der Waals surface area contributed by atoms with E-state index in [-0.39, 0.29) is 11.6 Å². The molecule has 1 aromatic rings. The number of hydrogen-bond acceptors (Lipinski definition) is 4. The molecule has 2 atom stereocenters. The van der Waals surface area contributed by atoms with E-state index in [1.54, 1.807) is 0 Å². The molecule has 118 valence electrons. The van der Waals surface area contributed by atoms with Crippen molar-refractivity contribution < 1.29 is 5.11 Å². The van der Waals surface area contributed by atoms with E-state index in [1.165, 1.54) is 5.56 Å². The summed E-state index contributed by atoms with van der Waals surface area (Å²) in [4.78, 5) is 4.70. The summed E-state index contributed by atoms with van der Waals surface area (Å²) in [6, 6.07) is 9.93. The number of benzene rings is 1. The number of rotatable bonds is 5. The van der Waals surface area contributed by atoms with Gasteiger partial charge in [-0.1, -0.05) is 30.3 Å². The van der Waals surface area contributed by atoms with Crippen LogP contribution < -0.4 is 5.73 Å². The zero-order valence-electron chi connectivity index (χ0n) is 13.5. The SMILES string of the molecule is CN1CCN(CC(O)C(N)Cc2ccccc2)CC1(C)C. The lowest BCUT2D eigenvalue weighted by Crippen LogP contribution is -2.59. The Morgan fingerprint density at radius 3 is 2.52 bits per heavy atom. The van der Waals surface area contributed by atoms with Crippen LogP contribution in [0.25, 0.3) is 0 Å². The number of nitrogens with two attached hydrogens (primary N) is 1. The molecule has 1 fully saturated rings. The van der Waals surface area contributed by atoms with Crippen LogP contribution in [0.1, 0.15) is 19.4 Å². The van der Waals surface area contributed by atoms with Gasteiger partial charge in [0.15, 0.2) is 0 Å². The molecule has 4 nitrogen and oxygen atoms in total. The van der Waals surface area contributed by atoms with Crippen molar-refractivity contribution >= 4 is 0 Å². The first-order chi connectivity index (χ1) is 9.88. The summed E-state index contributed by atoms with van der Waals surface area (Å²) in [5.74, 6) is 0. The van der Waals surface area contributed by atoms with Crippen molar-refractivity contribution in [3.8, 4) is 0 Å². The lowest BCUT2D eigenvalue weighted by atomic mass is 9.97. The van der Waals surface area contributed by atoms with Crippen LogP contribution in [0, 0.1) is 0 Å². The first-order valence-corrected chi connectivity index (χ1v) is 7.79. The summed E-state index contributed by atoms with van der Waals surface area (Å²) in [5, 5.41) is 10.4. The van der Waals surface area contributed by atoms with Crippen molar-refractivity contribution in [2.24, 2.45) is 5.73 Å². The number of likely N-dealkylation sites (N-methyl/N-ethyl adjacent to an activating group) is 1. The van der Waals surface area contributed by atoms with E-state index in [9.17, 15) is 5.11 Å². The third-order valence-electron chi connectivity index (χ3n) is 4.65. The van der Waals surface area contributed by atoms with Gasteiger partial charge in [-0.2, -0.15) is 0 Å². The second-order valence-corrected chi connectivity index (χ2v) is 6.89. The number of nitrogens with zero attached hydrogens (tertiary/aromatic N) is 2. The molecule has 2 unspecified atom stereocenters. The van der Waals surface area contributed by atoms with E-state index >= 15 is 0 Å². The zero-order valence-corrected chi connectivity index (χ0v) is 13.5. The number of hydrogen-bond donors (Lipinski definition) is 2. The Kier molecular flexibility index (Phi) is 5.38. The highest BCUT2D eigenvalue weighted by Crippen LogP contribution is 2.19. The quantitative estimate of drug-likeness (QED) is 0.848. The normalized spacial score (nSPS) is 22.9. The molecule has 0 radical (unpaired) electrons. The molecular weight excluding hydrogens is 262 g/mol. The fraction of sp³-hybridized carbons (Fsp3) is 0.647. The molecule has 0 aromatic heterocycles. The summed E-state index contributed by atoms with van der Waals surface area (Å²) in [6.45, 7) is 8.15. The highest BCUT2D eigenvalue weighted by Gasteiger charge is 2.32. The molecule has 1 aromatic carbocycles. The third-order valence-corrected chi connectivity index (χ3v) is 4.65. The molecule has 4 heteroatoms. The molecule has 0 aliphatic carbocycles. The van der Waals surface area contributed by atoms with Crippen molar-refractivity contribution in [3.63, 3.8) is 0 Å². The van der Waals surface area contributed by atoms with E-state index in [4.69, 9.17) is 5.73 Å². The Bertz CT molecular complexity index is 435. The fourth-order valence-corrected chi connectivity index (χ4v) is 2.92. The van der Waals surface area contributed by atoms with Gasteiger partial charge in [0, 0.05) is 37.8 Å². The van der Waals surface area contributed by atoms with Crippen LogP contribution in [-0.2, 0) is 6.42 Å². The van der Waals surface area contributed by atoms with E-state index in [1.807, 2.05) is 18.2 Å². The van der Waals surface area contributed by atoms with E-state index in [0.29, 0.717) is 6.54 Å². The fourth-order valence-electron chi connectivity index (χ4n) is 2.92. The van der Waals surface area contributed by atoms with Gasteiger partial charge < -0.3 is 10.8 Å². The Hall–Kier alpha value is -0.940. The van der Waals surface area contributed by atoms with Gasteiger partial charge in [-0.3, -0.25) is 9.80 Å². The minimum Gasteiger partial charge on any atom is -0.390 e. The van der Waals surface area contributed by atoms with Gasteiger partial charge in [-0.15, -0.1) is 0 Å². The number of aliphatic hydroxyl groups excluding tert-OH is 1. The molecule has 1 aliphatic heterocycles. The van der Waals surface area contributed by atoms with E-state index in [2.05, 4.69) is 42.8 Å². The standard InChI is InChI=1S/C17H29N3O/c1-17(2)13-20(10-9-19(17)3)12-16(21)15(18)11-14-7-5-4-6-8-14/h4-8,15-16,21H,9-13,18H2,1-3H3. The molecule has 0 bridgehead atoms. The molecule has 21 heavy (non-hydrogen) atoms. The van der Waals surface area contributed by atoms with Gasteiger partial charge >= 0.3 is 0 Å². The monoisotopic (exact) mass is 291 g/mol. The maximum absolute atomic E-state index is 10.4. The first-order valence-electron chi connectivity index (χ1n) is 7.79.